The molecule has 5 rings (SSSR count). The van der Waals surface area contributed by atoms with Crippen LogP contribution >= 0.6 is 11.3 Å². The molecular weight excluding hydrogens is 448 g/mol. The number of aromatic nitrogens is 1. The SMILES string of the molecule is C=CCOc1cccc(C2c3c(oc4cc(C)c(C)cc4c3=O)C(=O)N2c2nc(C)c(C)s2)c1. The number of hydrogen-bond donors (Lipinski definition) is 0. The van der Waals surface area contributed by atoms with Gasteiger partial charge in [0.05, 0.1) is 22.7 Å². The zero-order valence-corrected chi connectivity index (χ0v) is 20.3. The highest BCUT2D eigenvalue weighted by atomic mass is 32.1. The predicted molar refractivity (Wildman–Crippen MR) is 134 cm³/mol. The van der Waals surface area contributed by atoms with Gasteiger partial charge >= 0.3 is 0 Å². The van der Waals surface area contributed by atoms with Gasteiger partial charge in [0.1, 0.15) is 17.9 Å². The smallest absolute Gasteiger partial charge is 0.297 e. The number of ether oxygens (including phenoxy) is 1. The lowest BCUT2D eigenvalue weighted by Gasteiger charge is -2.23. The summed E-state index contributed by atoms with van der Waals surface area (Å²) in [6.45, 7) is 11.8. The van der Waals surface area contributed by atoms with E-state index in [1.807, 2.05) is 64.1 Å². The molecule has 172 valence electrons. The molecule has 0 bridgehead atoms. The molecule has 0 N–H and O–H groups in total. The fourth-order valence-corrected chi connectivity index (χ4v) is 5.17. The van der Waals surface area contributed by atoms with Gasteiger partial charge in [0, 0.05) is 4.88 Å². The van der Waals surface area contributed by atoms with Crippen LogP contribution in [-0.4, -0.2) is 17.5 Å². The van der Waals surface area contributed by atoms with Crippen LogP contribution in [0.5, 0.6) is 5.75 Å². The summed E-state index contributed by atoms with van der Waals surface area (Å²) in [5.74, 6) is 0.318. The number of nitrogens with zero attached hydrogens (tertiary/aromatic N) is 2. The molecule has 1 atom stereocenters. The molecule has 1 amide bonds. The molecule has 3 heterocycles. The first-order valence-electron chi connectivity index (χ1n) is 11.0. The molecule has 0 aliphatic carbocycles. The molecule has 2 aromatic heterocycles. The van der Waals surface area contributed by atoms with Crippen LogP contribution in [0.25, 0.3) is 11.0 Å². The monoisotopic (exact) mass is 472 g/mol. The van der Waals surface area contributed by atoms with Crippen molar-refractivity contribution in [2.75, 3.05) is 11.5 Å². The van der Waals surface area contributed by atoms with E-state index in [0.717, 1.165) is 27.3 Å². The Hall–Kier alpha value is -3.71. The summed E-state index contributed by atoms with van der Waals surface area (Å²) in [4.78, 5) is 34.8. The van der Waals surface area contributed by atoms with Gasteiger partial charge in [-0.05, 0) is 68.7 Å². The van der Waals surface area contributed by atoms with Crippen LogP contribution in [0.3, 0.4) is 0 Å². The van der Waals surface area contributed by atoms with Crippen LogP contribution in [0.4, 0.5) is 5.13 Å². The van der Waals surface area contributed by atoms with E-state index in [4.69, 9.17) is 9.15 Å². The number of amides is 1. The average molecular weight is 473 g/mol. The standard InChI is InChI=1S/C27H24N2O4S/c1-6-10-32-19-9-7-8-18(13-19)23-22-24(30)20-11-14(2)15(3)12-21(20)33-25(22)26(31)29(23)27-28-16(4)17(5)34-27/h6-9,11-13,23H,1,10H2,2-5H3. The number of carbonyl (C=O) groups is 1. The predicted octanol–water partition coefficient (Wildman–Crippen LogP) is 5.80. The topological polar surface area (TPSA) is 72.6 Å². The van der Waals surface area contributed by atoms with Gasteiger partial charge < -0.3 is 9.15 Å². The van der Waals surface area contributed by atoms with Crippen molar-refractivity contribution in [3.8, 4) is 5.75 Å². The minimum Gasteiger partial charge on any atom is -0.490 e. The van der Waals surface area contributed by atoms with Crippen LogP contribution in [0.15, 0.2) is 58.3 Å². The Balaban J connectivity index is 1.78. The molecule has 0 saturated heterocycles. The molecule has 1 aliphatic heterocycles. The Labute approximate surface area is 201 Å². The summed E-state index contributed by atoms with van der Waals surface area (Å²) < 4.78 is 11.8. The van der Waals surface area contributed by atoms with E-state index in [0.29, 0.717) is 34.0 Å². The lowest BCUT2D eigenvalue weighted by Crippen LogP contribution is -2.29. The molecule has 4 aromatic rings. The summed E-state index contributed by atoms with van der Waals surface area (Å²) in [5.41, 5.74) is 4.11. The van der Waals surface area contributed by atoms with Crippen LogP contribution in [0, 0.1) is 27.7 Å². The molecule has 0 radical (unpaired) electrons. The van der Waals surface area contributed by atoms with Crippen molar-refractivity contribution in [1.29, 1.82) is 0 Å². The Bertz CT molecular complexity index is 1510. The van der Waals surface area contributed by atoms with Crippen molar-refractivity contribution >= 4 is 33.3 Å². The molecule has 7 heteroatoms. The van der Waals surface area contributed by atoms with Crippen molar-refractivity contribution in [3.63, 3.8) is 0 Å². The number of hydrogen-bond acceptors (Lipinski definition) is 6. The van der Waals surface area contributed by atoms with Gasteiger partial charge in [0.15, 0.2) is 10.6 Å². The zero-order chi connectivity index (χ0) is 24.1. The third-order valence-electron chi connectivity index (χ3n) is 6.25. The highest BCUT2D eigenvalue weighted by molar-refractivity contribution is 7.15. The van der Waals surface area contributed by atoms with Crippen LogP contribution in [0.2, 0.25) is 0 Å². The van der Waals surface area contributed by atoms with Gasteiger partial charge in [-0.2, -0.15) is 0 Å². The van der Waals surface area contributed by atoms with Gasteiger partial charge in [0.25, 0.3) is 5.91 Å². The van der Waals surface area contributed by atoms with Crippen LogP contribution < -0.4 is 15.1 Å². The van der Waals surface area contributed by atoms with Gasteiger partial charge in [0.2, 0.25) is 5.76 Å². The normalized spacial score (nSPS) is 15.1. The maximum absolute atomic E-state index is 13.8. The molecule has 34 heavy (non-hydrogen) atoms. The van der Waals surface area contributed by atoms with Crippen molar-refractivity contribution < 1.29 is 13.9 Å². The molecule has 2 aromatic carbocycles. The first-order chi connectivity index (χ1) is 16.3. The molecule has 0 fully saturated rings. The van der Waals surface area contributed by atoms with Gasteiger partial charge in [-0.3, -0.25) is 14.5 Å². The largest absolute Gasteiger partial charge is 0.490 e. The second-order valence-electron chi connectivity index (χ2n) is 8.49. The van der Waals surface area contributed by atoms with Crippen molar-refractivity contribution in [2.24, 2.45) is 0 Å². The number of rotatable bonds is 5. The fourth-order valence-electron chi connectivity index (χ4n) is 4.23. The zero-order valence-electron chi connectivity index (χ0n) is 19.5. The van der Waals surface area contributed by atoms with Crippen LogP contribution in [0.1, 0.15) is 49.4 Å². The van der Waals surface area contributed by atoms with Gasteiger partial charge in [-0.15, -0.1) is 11.3 Å². The second kappa shape index (κ2) is 8.25. The highest BCUT2D eigenvalue weighted by Crippen LogP contribution is 2.43. The number of benzene rings is 2. The van der Waals surface area contributed by atoms with Crippen molar-refractivity contribution in [1.82, 2.24) is 4.98 Å². The fraction of sp³-hybridized carbons (Fsp3) is 0.222. The molecular formula is C27H24N2O4S. The maximum atomic E-state index is 13.8. The quantitative estimate of drug-likeness (QED) is 0.343. The minimum atomic E-state index is -0.679. The van der Waals surface area contributed by atoms with E-state index in [2.05, 4.69) is 11.6 Å². The third-order valence-corrected chi connectivity index (χ3v) is 7.32. The van der Waals surface area contributed by atoms with E-state index in [1.54, 1.807) is 11.0 Å². The molecule has 0 spiro atoms. The summed E-state index contributed by atoms with van der Waals surface area (Å²) in [6, 6.07) is 10.4. The van der Waals surface area contributed by atoms with Crippen LogP contribution in [-0.2, 0) is 0 Å². The average Bonchev–Trinajstić information content (AvgIpc) is 3.30. The first-order valence-corrected chi connectivity index (χ1v) is 11.8. The number of fused-ring (bicyclic) bond motifs is 2. The summed E-state index contributed by atoms with van der Waals surface area (Å²) in [5, 5.41) is 0.997. The third kappa shape index (κ3) is 3.44. The summed E-state index contributed by atoms with van der Waals surface area (Å²) in [6.07, 6.45) is 1.67. The van der Waals surface area contributed by atoms with E-state index in [9.17, 15) is 9.59 Å². The number of thiazole rings is 1. The van der Waals surface area contributed by atoms with Crippen molar-refractivity contribution in [3.05, 3.63) is 97.9 Å². The Kier molecular flexibility index (Phi) is 5.37. The van der Waals surface area contributed by atoms with Crippen molar-refractivity contribution in [2.45, 2.75) is 33.7 Å². The summed E-state index contributed by atoms with van der Waals surface area (Å²) >= 11 is 1.42. The first kappa shape index (κ1) is 22.1. The van der Waals surface area contributed by atoms with E-state index in [-0.39, 0.29) is 17.1 Å². The van der Waals surface area contributed by atoms with E-state index < -0.39 is 6.04 Å². The lowest BCUT2D eigenvalue weighted by atomic mass is 9.97. The molecule has 1 unspecified atom stereocenters. The molecule has 0 saturated carbocycles. The lowest BCUT2D eigenvalue weighted by molar-refractivity contribution is 0.0971. The molecule has 1 aliphatic rings. The Morgan fingerprint density at radius 2 is 1.91 bits per heavy atom. The maximum Gasteiger partial charge on any atom is 0.297 e. The van der Waals surface area contributed by atoms with E-state index >= 15 is 0 Å². The molecule has 6 nitrogen and oxygen atoms in total. The second-order valence-corrected chi connectivity index (χ2v) is 9.68. The highest BCUT2D eigenvalue weighted by Gasteiger charge is 2.45. The van der Waals surface area contributed by atoms with Gasteiger partial charge in [-0.1, -0.05) is 24.8 Å². The van der Waals surface area contributed by atoms with Gasteiger partial charge in [-0.25, -0.2) is 4.98 Å². The van der Waals surface area contributed by atoms with E-state index in [1.165, 1.54) is 11.3 Å². The number of carbonyl (C=O) groups excluding carboxylic acids is 1. The summed E-state index contributed by atoms with van der Waals surface area (Å²) in [7, 11) is 0. The Morgan fingerprint density at radius 1 is 1.15 bits per heavy atom. The number of anilines is 1. The number of aryl methyl sites for hydroxylation is 4. The minimum absolute atomic E-state index is 0.0636. The Morgan fingerprint density at radius 3 is 2.62 bits per heavy atom.